The van der Waals surface area contributed by atoms with Crippen molar-refractivity contribution in [3.8, 4) is 0 Å². The van der Waals surface area contributed by atoms with Crippen molar-refractivity contribution < 1.29 is 18.7 Å². The number of rotatable bonds is 6. The van der Waals surface area contributed by atoms with Crippen LogP contribution in [-0.4, -0.2) is 36.5 Å². The SMILES string of the molecule is CCCN(CC(=O)OCC)C(=O)c1cc(F)cc(Br)c1. The first kappa shape index (κ1) is 16.6. The highest BCUT2D eigenvalue weighted by Crippen LogP contribution is 2.16. The summed E-state index contributed by atoms with van der Waals surface area (Å²) in [4.78, 5) is 25.2. The molecule has 0 unspecified atom stereocenters. The lowest BCUT2D eigenvalue weighted by Gasteiger charge is -2.21. The summed E-state index contributed by atoms with van der Waals surface area (Å²) >= 11 is 3.14. The van der Waals surface area contributed by atoms with E-state index < -0.39 is 11.8 Å². The number of hydrogen-bond donors (Lipinski definition) is 0. The molecule has 1 aromatic rings. The minimum Gasteiger partial charge on any atom is -0.465 e. The van der Waals surface area contributed by atoms with Gasteiger partial charge in [-0.05, 0) is 31.5 Å². The lowest BCUT2D eigenvalue weighted by molar-refractivity contribution is -0.143. The van der Waals surface area contributed by atoms with Gasteiger partial charge < -0.3 is 9.64 Å². The topological polar surface area (TPSA) is 46.6 Å². The molecule has 0 heterocycles. The summed E-state index contributed by atoms with van der Waals surface area (Å²) < 4.78 is 18.6. The van der Waals surface area contributed by atoms with Crippen LogP contribution >= 0.6 is 15.9 Å². The fourth-order valence-electron chi connectivity index (χ4n) is 1.74. The molecule has 0 N–H and O–H groups in total. The molecular formula is C14H17BrFNO3. The average Bonchev–Trinajstić information content (AvgIpc) is 2.36. The van der Waals surface area contributed by atoms with Crippen LogP contribution in [0.25, 0.3) is 0 Å². The van der Waals surface area contributed by atoms with Gasteiger partial charge in [0.05, 0.1) is 6.61 Å². The second-order valence-corrected chi connectivity index (χ2v) is 5.11. The number of benzene rings is 1. The van der Waals surface area contributed by atoms with E-state index in [1.807, 2.05) is 6.92 Å². The summed E-state index contributed by atoms with van der Waals surface area (Å²) in [6.45, 7) is 4.14. The van der Waals surface area contributed by atoms with Crippen molar-refractivity contribution in [2.45, 2.75) is 20.3 Å². The fraction of sp³-hybridized carbons (Fsp3) is 0.429. The molecule has 6 heteroatoms. The molecule has 0 bridgehead atoms. The lowest BCUT2D eigenvalue weighted by atomic mass is 10.2. The van der Waals surface area contributed by atoms with Crippen LogP contribution in [0.2, 0.25) is 0 Å². The van der Waals surface area contributed by atoms with Crippen molar-refractivity contribution in [2.24, 2.45) is 0 Å². The third kappa shape index (κ3) is 4.92. The van der Waals surface area contributed by atoms with Gasteiger partial charge in [-0.15, -0.1) is 0 Å². The molecule has 0 aliphatic rings. The van der Waals surface area contributed by atoms with Gasteiger partial charge in [0.25, 0.3) is 5.91 Å². The van der Waals surface area contributed by atoms with Crippen LogP contribution in [0.4, 0.5) is 4.39 Å². The van der Waals surface area contributed by atoms with Gasteiger partial charge in [-0.2, -0.15) is 0 Å². The molecule has 1 rings (SSSR count). The van der Waals surface area contributed by atoms with Crippen LogP contribution in [0.1, 0.15) is 30.6 Å². The molecule has 0 aromatic heterocycles. The van der Waals surface area contributed by atoms with Crippen LogP contribution in [0.5, 0.6) is 0 Å². The number of carbonyl (C=O) groups is 2. The van der Waals surface area contributed by atoms with Crippen LogP contribution in [0, 0.1) is 5.82 Å². The van der Waals surface area contributed by atoms with Gasteiger partial charge in [0, 0.05) is 16.6 Å². The van der Waals surface area contributed by atoms with E-state index in [9.17, 15) is 14.0 Å². The normalized spacial score (nSPS) is 10.2. The minimum absolute atomic E-state index is 0.130. The number of hydrogen-bond acceptors (Lipinski definition) is 3. The summed E-state index contributed by atoms with van der Waals surface area (Å²) in [5.41, 5.74) is 0.203. The molecule has 0 fully saturated rings. The zero-order valence-electron chi connectivity index (χ0n) is 11.5. The Morgan fingerprint density at radius 1 is 1.30 bits per heavy atom. The molecule has 0 saturated carbocycles. The van der Waals surface area contributed by atoms with Gasteiger partial charge in [0.15, 0.2) is 0 Å². The van der Waals surface area contributed by atoms with Gasteiger partial charge in [0.1, 0.15) is 12.4 Å². The number of carbonyl (C=O) groups excluding carboxylic acids is 2. The first-order chi connectivity index (χ1) is 9.47. The quantitative estimate of drug-likeness (QED) is 0.744. The summed E-state index contributed by atoms with van der Waals surface area (Å²) in [7, 11) is 0. The van der Waals surface area contributed by atoms with Crippen molar-refractivity contribution in [1.29, 1.82) is 0 Å². The third-order valence-corrected chi connectivity index (χ3v) is 2.97. The van der Waals surface area contributed by atoms with Gasteiger partial charge >= 0.3 is 5.97 Å². The first-order valence-corrected chi connectivity index (χ1v) is 7.18. The largest absolute Gasteiger partial charge is 0.465 e. The van der Waals surface area contributed by atoms with Crippen LogP contribution in [0.15, 0.2) is 22.7 Å². The summed E-state index contributed by atoms with van der Waals surface area (Å²) in [6, 6.07) is 3.95. The Morgan fingerprint density at radius 3 is 2.55 bits per heavy atom. The van der Waals surface area contributed by atoms with Gasteiger partial charge in [-0.25, -0.2) is 4.39 Å². The molecular weight excluding hydrogens is 329 g/mol. The summed E-state index contributed by atoms with van der Waals surface area (Å²) in [5.74, 6) is -1.36. The number of nitrogens with zero attached hydrogens (tertiary/aromatic N) is 1. The molecule has 0 saturated heterocycles. The molecule has 0 aliphatic heterocycles. The smallest absolute Gasteiger partial charge is 0.325 e. The molecule has 1 aromatic carbocycles. The zero-order chi connectivity index (χ0) is 15.1. The van der Waals surface area contributed by atoms with Crippen molar-refractivity contribution >= 4 is 27.8 Å². The summed E-state index contributed by atoms with van der Waals surface area (Å²) in [5, 5.41) is 0. The Morgan fingerprint density at radius 2 is 2.00 bits per heavy atom. The molecule has 0 aliphatic carbocycles. The minimum atomic E-state index is -0.504. The monoisotopic (exact) mass is 345 g/mol. The number of halogens is 2. The molecule has 0 radical (unpaired) electrons. The Labute approximate surface area is 126 Å². The Bertz CT molecular complexity index is 473. The Kier molecular flexibility index (Phi) is 6.64. The standard InChI is InChI=1S/C14H17BrFNO3/c1-3-5-17(9-13(18)20-4-2)14(19)10-6-11(15)8-12(16)7-10/h6-8H,3-5,9H2,1-2H3. The van der Waals surface area contributed by atoms with Gasteiger partial charge in [-0.3, -0.25) is 9.59 Å². The predicted octanol–water partition coefficient (Wildman–Crippen LogP) is 3.00. The van der Waals surface area contributed by atoms with E-state index in [1.165, 1.54) is 17.0 Å². The predicted molar refractivity (Wildman–Crippen MR) is 76.9 cm³/mol. The number of esters is 1. The van der Waals surface area contributed by atoms with Crippen molar-refractivity contribution in [2.75, 3.05) is 19.7 Å². The average molecular weight is 346 g/mol. The van der Waals surface area contributed by atoms with E-state index in [1.54, 1.807) is 6.92 Å². The molecule has 1 amide bonds. The maximum atomic E-state index is 13.3. The van der Waals surface area contributed by atoms with Crippen molar-refractivity contribution in [3.63, 3.8) is 0 Å². The van der Waals surface area contributed by atoms with E-state index in [-0.39, 0.29) is 24.6 Å². The zero-order valence-corrected chi connectivity index (χ0v) is 13.1. The third-order valence-electron chi connectivity index (χ3n) is 2.52. The highest BCUT2D eigenvalue weighted by molar-refractivity contribution is 9.10. The fourth-order valence-corrected chi connectivity index (χ4v) is 2.21. The first-order valence-electron chi connectivity index (χ1n) is 6.38. The second-order valence-electron chi connectivity index (χ2n) is 4.19. The highest BCUT2D eigenvalue weighted by atomic mass is 79.9. The summed E-state index contributed by atoms with van der Waals surface area (Å²) in [6.07, 6.45) is 0.696. The molecule has 20 heavy (non-hydrogen) atoms. The van der Waals surface area contributed by atoms with E-state index in [0.717, 1.165) is 6.07 Å². The maximum absolute atomic E-state index is 13.3. The van der Waals surface area contributed by atoms with Gasteiger partial charge in [-0.1, -0.05) is 22.9 Å². The molecule has 0 spiro atoms. The highest BCUT2D eigenvalue weighted by Gasteiger charge is 2.19. The second kappa shape index (κ2) is 7.99. The van der Waals surface area contributed by atoms with Gasteiger partial charge in [0.2, 0.25) is 0 Å². The lowest BCUT2D eigenvalue weighted by Crippen LogP contribution is -2.37. The Balaban J connectivity index is 2.89. The molecule has 4 nitrogen and oxygen atoms in total. The number of ether oxygens (including phenoxy) is 1. The Hall–Kier alpha value is -1.43. The van der Waals surface area contributed by atoms with E-state index >= 15 is 0 Å². The van der Waals surface area contributed by atoms with Crippen molar-refractivity contribution in [1.82, 2.24) is 4.90 Å². The molecule has 110 valence electrons. The van der Waals surface area contributed by atoms with Crippen LogP contribution in [-0.2, 0) is 9.53 Å². The van der Waals surface area contributed by atoms with Crippen molar-refractivity contribution in [3.05, 3.63) is 34.1 Å². The van der Waals surface area contributed by atoms with E-state index in [2.05, 4.69) is 15.9 Å². The van der Waals surface area contributed by atoms with E-state index in [4.69, 9.17) is 4.74 Å². The van der Waals surface area contributed by atoms with Crippen LogP contribution in [0.3, 0.4) is 0 Å². The van der Waals surface area contributed by atoms with Crippen LogP contribution < -0.4 is 0 Å². The van der Waals surface area contributed by atoms with E-state index in [0.29, 0.717) is 17.4 Å². The number of amides is 1. The molecule has 0 atom stereocenters. The maximum Gasteiger partial charge on any atom is 0.325 e.